The summed E-state index contributed by atoms with van der Waals surface area (Å²) in [4.78, 5) is 0. The van der Waals surface area contributed by atoms with Crippen LogP contribution in [0.3, 0.4) is 0 Å². The van der Waals surface area contributed by atoms with E-state index in [-0.39, 0.29) is 0 Å². The van der Waals surface area contributed by atoms with Crippen molar-refractivity contribution in [3.8, 4) is 5.75 Å². The van der Waals surface area contributed by atoms with E-state index in [1.165, 1.54) is 0 Å². The molecule has 0 bridgehead atoms. The summed E-state index contributed by atoms with van der Waals surface area (Å²) in [5, 5.41) is 10.1. The van der Waals surface area contributed by atoms with Crippen molar-refractivity contribution in [2.45, 2.75) is 31.3 Å². The minimum atomic E-state index is -0.620. The molecule has 0 spiro atoms. The van der Waals surface area contributed by atoms with Crippen molar-refractivity contribution in [2.24, 2.45) is 0 Å². The lowest BCUT2D eigenvalue weighted by molar-refractivity contribution is 0.00142. The highest BCUT2D eigenvalue weighted by Crippen LogP contribution is 2.30. The highest BCUT2D eigenvalue weighted by Gasteiger charge is 2.31. The van der Waals surface area contributed by atoms with Crippen molar-refractivity contribution in [1.29, 1.82) is 0 Å². The minimum absolute atomic E-state index is 0.371. The van der Waals surface area contributed by atoms with E-state index in [1.54, 1.807) is 6.07 Å². The maximum absolute atomic E-state index is 10.1. The lowest BCUT2D eigenvalue weighted by Crippen LogP contribution is -2.32. The van der Waals surface area contributed by atoms with Crippen molar-refractivity contribution < 1.29 is 9.84 Å². The lowest BCUT2D eigenvalue weighted by atomic mass is 10.0. The van der Waals surface area contributed by atoms with Gasteiger partial charge in [-0.3, -0.25) is 0 Å². The van der Waals surface area contributed by atoms with Gasteiger partial charge in [0.15, 0.2) is 0 Å². The van der Waals surface area contributed by atoms with Gasteiger partial charge in [-0.15, -0.1) is 0 Å². The average Bonchev–Trinajstić information content (AvgIpc) is 2.63. The van der Waals surface area contributed by atoms with Gasteiger partial charge in [-0.25, -0.2) is 0 Å². The van der Waals surface area contributed by atoms with Crippen molar-refractivity contribution >= 4 is 5.69 Å². The topological polar surface area (TPSA) is 55.5 Å². The summed E-state index contributed by atoms with van der Waals surface area (Å²) in [6, 6.07) is 7.30. The van der Waals surface area contributed by atoms with Crippen LogP contribution in [0.4, 0.5) is 5.69 Å². The highest BCUT2D eigenvalue weighted by atomic mass is 16.5. The Hall–Kier alpha value is -1.22. The second-order valence-corrected chi connectivity index (χ2v) is 4.29. The van der Waals surface area contributed by atoms with Crippen LogP contribution in [0.15, 0.2) is 24.3 Å². The number of ether oxygens (including phenoxy) is 1. The predicted molar refractivity (Wildman–Crippen MR) is 59.8 cm³/mol. The molecule has 0 amide bonds. The summed E-state index contributed by atoms with van der Waals surface area (Å²) in [5.74, 6) is 0.732. The first-order valence-electron chi connectivity index (χ1n) is 5.39. The van der Waals surface area contributed by atoms with Gasteiger partial charge in [0, 0.05) is 11.8 Å². The summed E-state index contributed by atoms with van der Waals surface area (Å²) in [5.41, 5.74) is 5.70. The second kappa shape index (κ2) is 4.11. The first-order chi connectivity index (χ1) is 7.18. The Kier molecular flexibility index (Phi) is 2.82. The van der Waals surface area contributed by atoms with Crippen LogP contribution in [-0.4, -0.2) is 17.3 Å². The molecule has 0 saturated heterocycles. The third kappa shape index (κ3) is 2.63. The molecule has 1 aromatic carbocycles. The van der Waals surface area contributed by atoms with E-state index in [1.807, 2.05) is 18.2 Å². The van der Waals surface area contributed by atoms with E-state index in [4.69, 9.17) is 10.5 Å². The Balaban J connectivity index is 1.92. The standard InChI is InChI=1S/C12H17NO2/c13-10-4-3-5-11(8-10)15-9-12(14)6-1-2-7-12/h3-5,8,14H,1-2,6-7,9,13H2. The van der Waals surface area contributed by atoms with Crippen LogP contribution in [0.2, 0.25) is 0 Å². The number of hydrogen-bond donors (Lipinski definition) is 2. The first-order valence-corrected chi connectivity index (χ1v) is 5.39. The van der Waals surface area contributed by atoms with Crippen molar-refractivity contribution in [2.75, 3.05) is 12.3 Å². The Bertz CT molecular complexity index is 332. The molecule has 3 heteroatoms. The van der Waals surface area contributed by atoms with E-state index >= 15 is 0 Å². The molecule has 0 heterocycles. The van der Waals surface area contributed by atoms with Crippen LogP contribution >= 0.6 is 0 Å². The van der Waals surface area contributed by atoms with Crippen LogP contribution in [0, 0.1) is 0 Å². The number of benzene rings is 1. The molecular weight excluding hydrogens is 190 g/mol. The van der Waals surface area contributed by atoms with Crippen LogP contribution < -0.4 is 10.5 Å². The minimum Gasteiger partial charge on any atom is -0.491 e. The molecule has 3 nitrogen and oxygen atoms in total. The molecule has 0 aliphatic heterocycles. The van der Waals surface area contributed by atoms with E-state index < -0.39 is 5.60 Å². The van der Waals surface area contributed by atoms with Gasteiger partial charge in [-0.05, 0) is 25.0 Å². The van der Waals surface area contributed by atoms with Gasteiger partial charge in [-0.1, -0.05) is 18.9 Å². The zero-order valence-corrected chi connectivity index (χ0v) is 8.78. The molecule has 1 aromatic rings. The smallest absolute Gasteiger partial charge is 0.121 e. The highest BCUT2D eigenvalue weighted by molar-refractivity contribution is 5.43. The van der Waals surface area contributed by atoms with Gasteiger partial charge in [-0.2, -0.15) is 0 Å². The molecule has 3 N–H and O–H groups in total. The van der Waals surface area contributed by atoms with E-state index in [2.05, 4.69) is 0 Å². The van der Waals surface area contributed by atoms with Crippen molar-refractivity contribution in [1.82, 2.24) is 0 Å². The average molecular weight is 207 g/mol. The zero-order valence-electron chi connectivity index (χ0n) is 8.78. The Labute approximate surface area is 89.9 Å². The molecule has 0 aromatic heterocycles. The molecule has 15 heavy (non-hydrogen) atoms. The number of rotatable bonds is 3. The fraction of sp³-hybridized carbons (Fsp3) is 0.500. The number of aliphatic hydroxyl groups is 1. The van der Waals surface area contributed by atoms with Crippen LogP contribution in [0.5, 0.6) is 5.75 Å². The van der Waals surface area contributed by atoms with Gasteiger partial charge in [0.2, 0.25) is 0 Å². The largest absolute Gasteiger partial charge is 0.491 e. The summed E-state index contributed by atoms with van der Waals surface area (Å²) < 4.78 is 5.54. The quantitative estimate of drug-likeness (QED) is 0.745. The molecular formula is C12H17NO2. The van der Waals surface area contributed by atoms with Crippen molar-refractivity contribution in [3.05, 3.63) is 24.3 Å². The Morgan fingerprint density at radius 1 is 1.33 bits per heavy atom. The fourth-order valence-corrected chi connectivity index (χ4v) is 2.00. The van der Waals surface area contributed by atoms with Gasteiger partial charge in [0.1, 0.15) is 12.4 Å². The zero-order chi connectivity index (χ0) is 10.7. The molecule has 0 atom stereocenters. The normalized spacial score (nSPS) is 19.0. The number of anilines is 1. The van der Waals surface area contributed by atoms with Gasteiger partial charge >= 0.3 is 0 Å². The number of hydrogen-bond acceptors (Lipinski definition) is 3. The van der Waals surface area contributed by atoms with Gasteiger partial charge in [0.25, 0.3) is 0 Å². The number of nitrogen functional groups attached to an aromatic ring is 1. The van der Waals surface area contributed by atoms with Crippen LogP contribution in [-0.2, 0) is 0 Å². The summed E-state index contributed by atoms with van der Waals surface area (Å²) >= 11 is 0. The molecule has 0 radical (unpaired) electrons. The van der Waals surface area contributed by atoms with Crippen LogP contribution in [0.1, 0.15) is 25.7 Å². The van der Waals surface area contributed by atoms with Crippen molar-refractivity contribution in [3.63, 3.8) is 0 Å². The Morgan fingerprint density at radius 2 is 2.07 bits per heavy atom. The predicted octanol–water partition coefficient (Wildman–Crippen LogP) is 1.95. The first kappa shape index (κ1) is 10.3. The Morgan fingerprint density at radius 3 is 2.73 bits per heavy atom. The third-order valence-electron chi connectivity index (χ3n) is 2.90. The second-order valence-electron chi connectivity index (χ2n) is 4.29. The summed E-state index contributed by atoms with van der Waals surface area (Å²) in [6.45, 7) is 0.371. The van der Waals surface area contributed by atoms with Gasteiger partial charge in [0.05, 0.1) is 5.60 Å². The maximum Gasteiger partial charge on any atom is 0.121 e. The van der Waals surface area contributed by atoms with E-state index in [0.717, 1.165) is 31.4 Å². The lowest BCUT2D eigenvalue weighted by Gasteiger charge is -2.22. The summed E-state index contributed by atoms with van der Waals surface area (Å²) in [7, 11) is 0. The SMILES string of the molecule is Nc1cccc(OCC2(O)CCCC2)c1. The monoisotopic (exact) mass is 207 g/mol. The number of nitrogens with two attached hydrogens (primary N) is 1. The van der Waals surface area contributed by atoms with Gasteiger partial charge < -0.3 is 15.6 Å². The molecule has 0 unspecified atom stereocenters. The molecule has 1 saturated carbocycles. The van der Waals surface area contributed by atoms with E-state index in [0.29, 0.717) is 12.3 Å². The molecule has 1 fully saturated rings. The molecule has 82 valence electrons. The van der Waals surface area contributed by atoms with E-state index in [9.17, 15) is 5.11 Å². The molecule has 2 rings (SSSR count). The third-order valence-corrected chi connectivity index (χ3v) is 2.90. The maximum atomic E-state index is 10.1. The summed E-state index contributed by atoms with van der Waals surface area (Å²) in [6.07, 6.45) is 3.87. The molecule has 1 aliphatic carbocycles. The fourth-order valence-electron chi connectivity index (χ4n) is 2.00. The van der Waals surface area contributed by atoms with Crippen LogP contribution in [0.25, 0.3) is 0 Å². The molecule has 1 aliphatic rings.